The first kappa shape index (κ1) is 15.2. The van der Waals surface area contributed by atoms with Gasteiger partial charge >= 0.3 is 0 Å². The third kappa shape index (κ3) is 4.68. The highest BCUT2D eigenvalue weighted by atomic mass is 16.5. The van der Waals surface area contributed by atoms with Crippen LogP contribution >= 0.6 is 0 Å². The number of ether oxygens (including phenoxy) is 1. The van der Waals surface area contributed by atoms with E-state index in [-0.39, 0.29) is 11.9 Å². The van der Waals surface area contributed by atoms with E-state index in [0.717, 1.165) is 11.1 Å². The zero-order chi connectivity index (χ0) is 15.1. The van der Waals surface area contributed by atoms with Gasteiger partial charge in [-0.05, 0) is 37.1 Å². The lowest BCUT2D eigenvalue weighted by Crippen LogP contribution is -2.36. The van der Waals surface area contributed by atoms with E-state index in [2.05, 4.69) is 10.3 Å². The minimum Gasteiger partial charge on any atom is -0.364 e. The molecule has 1 N–H and O–H groups in total. The molecule has 0 aliphatic heterocycles. The van der Waals surface area contributed by atoms with Gasteiger partial charge in [-0.25, -0.2) is 0 Å². The molecule has 1 aromatic carbocycles. The molecular weight excluding hydrogens is 264 g/mol. The number of amides is 1. The summed E-state index contributed by atoms with van der Waals surface area (Å²) >= 11 is 0. The van der Waals surface area contributed by atoms with Crippen LogP contribution in [-0.2, 0) is 16.1 Å². The zero-order valence-corrected chi connectivity index (χ0v) is 12.3. The van der Waals surface area contributed by atoms with E-state index >= 15 is 0 Å². The minimum atomic E-state index is -0.491. The maximum Gasteiger partial charge on any atom is 0.249 e. The summed E-state index contributed by atoms with van der Waals surface area (Å²) in [7, 11) is 0. The van der Waals surface area contributed by atoms with Gasteiger partial charge in [-0.3, -0.25) is 9.78 Å². The van der Waals surface area contributed by atoms with Crippen molar-refractivity contribution in [2.75, 3.05) is 0 Å². The average Bonchev–Trinajstić information content (AvgIpc) is 2.54. The Morgan fingerprint density at radius 1 is 1.14 bits per heavy atom. The molecule has 0 saturated carbocycles. The molecular formula is C17H20N2O2. The van der Waals surface area contributed by atoms with Gasteiger partial charge in [0, 0.05) is 12.4 Å². The second-order valence-corrected chi connectivity index (χ2v) is 4.95. The Hall–Kier alpha value is -2.20. The topological polar surface area (TPSA) is 51.2 Å². The number of hydrogen-bond donors (Lipinski definition) is 1. The number of aromatic nitrogens is 1. The monoisotopic (exact) mass is 284 g/mol. The van der Waals surface area contributed by atoms with E-state index in [0.29, 0.717) is 6.61 Å². The maximum absolute atomic E-state index is 12.1. The molecule has 0 bridgehead atoms. The average molecular weight is 284 g/mol. The third-order valence-corrected chi connectivity index (χ3v) is 3.28. The molecule has 1 amide bonds. The van der Waals surface area contributed by atoms with Crippen molar-refractivity contribution in [2.24, 2.45) is 0 Å². The van der Waals surface area contributed by atoms with Crippen molar-refractivity contribution in [3.05, 3.63) is 66.0 Å². The number of benzene rings is 1. The molecule has 2 rings (SSSR count). The molecule has 0 fully saturated rings. The lowest BCUT2D eigenvalue weighted by molar-refractivity contribution is -0.133. The second kappa shape index (κ2) is 7.55. The van der Waals surface area contributed by atoms with Gasteiger partial charge in [0.05, 0.1) is 12.6 Å². The third-order valence-electron chi connectivity index (χ3n) is 3.28. The summed E-state index contributed by atoms with van der Waals surface area (Å²) in [6.45, 7) is 4.13. The number of carbonyl (C=O) groups is 1. The van der Waals surface area contributed by atoms with Gasteiger partial charge in [-0.15, -0.1) is 0 Å². The number of pyridine rings is 1. The highest BCUT2D eigenvalue weighted by Crippen LogP contribution is 2.11. The molecule has 0 radical (unpaired) electrons. The van der Waals surface area contributed by atoms with Crippen molar-refractivity contribution in [2.45, 2.75) is 32.6 Å². The number of rotatable bonds is 6. The molecule has 1 aromatic heterocycles. The summed E-state index contributed by atoms with van der Waals surface area (Å²) in [5.41, 5.74) is 2.08. The summed E-state index contributed by atoms with van der Waals surface area (Å²) in [5.74, 6) is -0.116. The van der Waals surface area contributed by atoms with E-state index in [9.17, 15) is 4.79 Å². The van der Waals surface area contributed by atoms with E-state index in [1.54, 1.807) is 19.3 Å². The lowest BCUT2D eigenvalue weighted by atomic mass is 10.1. The Morgan fingerprint density at radius 2 is 1.81 bits per heavy atom. The van der Waals surface area contributed by atoms with Crippen LogP contribution in [0.4, 0.5) is 0 Å². The van der Waals surface area contributed by atoms with Crippen molar-refractivity contribution in [1.82, 2.24) is 10.3 Å². The standard InChI is InChI=1S/C17H20N2O2/c1-13(16-8-10-18-11-9-16)19-17(20)14(2)21-12-15-6-4-3-5-7-15/h3-11,13-14H,12H2,1-2H3,(H,19,20)/t13-,14-/m1/s1. The Labute approximate surface area is 125 Å². The molecule has 110 valence electrons. The highest BCUT2D eigenvalue weighted by molar-refractivity contribution is 5.80. The van der Waals surface area contributed by atoms with Crippen molar-refractivity contribution in [3.8, 4) is 0 Å². The Kier molecular flexibility index (Phi) is 5.46. The Balaban J connectivity index is 1.82. The van der Waals surface area contributed by atoms with Crippen LogP contribution in [-0.4, -0.2) is 17.0 Å². The van der Waals surface area contributed by atoms with Gasteiger partial charge in [-0.2, -0.15) is 0 Å². The molecule has 0 aliphatic carbocycles. The first-order valence-electron chi connectivity index (χ1n) is 7.02. The number of carbonyl (C=O) groups excluding carboxylic acids is 1. The first-order valence-corrected chi connectivity index (χ1v) is 7.02. The molecule has 2 aromatic rings. The van der Waals surface area contributed by atoms with Crippen LogP contribution in [0.1, 0.15) is 31.0 Å². The van der Waals surface area contributed by atoms with Crippen LogP contribution < -0.4 is 5.32 Å². The minimum absolute atomic E-state index is 0.0664. The Morgan fingerprint density at radius 3 is 2.48 bits per heavy atom. The zero-order valence-electron chi connectivity index (χ0n) is 12.3. The van der Waals surface area contributed by atoms with Crippen LogP contribution in [0.2, 0.25) is 0 Å². The van der Waals surface area contributed by atoms with E-state index in [1.165, 1.54) is 0 Å². The van der Waals surface area contributed by atoms with Gasteiger partial charge in [0.15, 0.2) is 0 Å². The lowest BCUT2D eigenvalue weighted by Gasteiger charge is -2.18. The fourth-order valence-electron chi connectivity index (χ4n) is 1.94. The number of hydrogen-bond acceptors (Lipinski definition) is 3. The molecule has 0 saturated heterocycles. The predicted octanol–water partition coefficient (Wildman–Crippen LogP) is 2.86. The second-order valence-electron chi connectivity index (χ2n) is 4.95. The van der Waals surface area contributed by atoms with E-state index in [1.807, 2.05) is 49.4 Å². The molecule has 1 heterocycles. The smallest absolute Gasteiger partial charge is 0.249 e. The molecule has 4 heteroatoms. The van der Waals surface area contributed by atoms with E-state index in [4.69, 9.17) is 4.74 Å². The van der Waals surface area contributed by atoms with Crippen molar-refractivity contribution in [1.29, 1.82) is 0 Å². The molecule has 21 heavy (non-hydrogen) atoms. The first-order chi connectivity index (χ1) is 10.2. The number of nitrogens with one attached hydrogen (secondary N) is 1. The maximum atomic E-state index is 12.1. The van der Waals surface area contributed by atoms with Crippen LogP contribution in [0.15, 0.2) is 54.9 Å². The molecule has 0 spiro atoms. The van der Waals surface area contributed by atoms with E-state index < -0.39 is 6.10 Å². The predicted molar refractivity (Wildman–Crippen MR) is 81.5 cm³/mol. The molecule has 0 unspecified atom stereocenters. The molecule has 2 atom stereocenters. The van der Waals surface area contributed by atoms with Crippen LogP contribution in [0, 0.1) is 0 Å². The van der Waals surface area contributed by atoms with Crippen molar-refractivity contribution in [3.63, 3.8) is 0 Å². The largest absolute Gasteiger partial charge is 0.364 e. The van der Waals surface area contributed by atoms with Crippen molar-refractivity contribution < 1.29 is 9.53 Å². The fraction of sp³-hybridized carbons (Fsp3) is 0.294. The van der Waals surface area contributed by atoms with Gasteiger partial charge in [0.2, 0.25) is 5.91 Å². The molecule has 4 nitrogen and oxygen atoms in total. The fourth-order valence-corrected chi connectivity index (χ4v) is 1.94. The summed E-state index contributed by atoms with van der Waals surface area (Å²) in [5, 5.41) is 2.94. The summed E-state index contributed by atoms with van der Waals surface area (Å²) in [6.07, 6.45) is 2.94. The van der Waals surface area contributed by atoms with Gasteiger partial charge in [0.25, 0.3) is 0 Å². The van der Waals surface area contributed by atoms with Crippen LogP contribution in [0.3, 0.4) is 0 Å². The normalized spacial score (nSPS) is 13.4. The van der Waals surface area contributed by atoms with Crippen LogP contribution in [0.25, 0.3) is 0 Å². The van der Waals surface area contributed by atoms with Gasteiger partial charge < -0.3 is 10.1 Å². The summed E-state index contributed by atoms with van der Waals surface area (Å²) in [4.78, 5) is 16.1. The quantitative estimate of drug-likeness (QED) is 0.887. The molecule has 0 aliphatic rings. The highest BCUT2D eigenvalue weighted by Gasteiger charge is 2.16. The Bertz CT molecular complexity index is 558. The number of nitrogens with zero attached hydrogens (tertiary/aromatic N) is 1. The van der Waals surface area contributed by atoms with Crippen LogP contribution in [0.5, 0.6) is 0 Å². The SMILES string of the molecule is C[C@@H](OCc1ccccc1)C(=O)N[C@H](C)c1ccncc1. The summed E-state index contributed by atoms with van der Waals surface area (Å²) in [6, 6.07) is 13.5. The van der Waals surface area contributed by atoms with Crippen molar-refractivity contribution >= 4 is 5.91 Å². The summed E-state index contributed by atoms with van der Waals surface area (Å²) < 4.78 is 5.60. The van der Waals surface area contributed by atoms with Gasteiger partial charge in [0.1, 0.15) is 6.10 Å². The van der Waals surface area contributed by atoms with Gasteiger partial charge in [-0.1, -0.05) is 30.3 Å².